The van der Waals surface area contributed by atoms with E-state index in [1.807, 2.05) is 28.8 Å². The molecular weight excluding hydrogens is 262 g/mol. The zero-order chi connectivity index (χ0) is 15.0. The van der Waals surface area contributed by atoms with Gasteiger partial charge in [0, 0.05) is 19.3 Å². The number of nitrogens with zero attached hydrogens (tertiary/aromatic N) is 3. The Morgan fingerprint density at radius 1 is 1.24 bits per heavy atom. The number of hydrogen-bond acceptors (Lipinski definition) is 3. The van der Waals surface area contributed by atoms with Gasteiger partial charge in [-0.2, -0.15) is 0 Å². The van der Waals surface area contributed by atoms with Crippen LogP contribution in [0.1, 0.15) is 44.1 Å². The highest BCUT2D eigenvalue weighted by Crippen LogP contribution is 2.35. The third kappa shape index (κ3) is 2.55. The second kappa shape index (κ2) is 5.17. The first-order chi connectivity index (χ1) is 10.0. The molecule has 0 saturated carbocycles. The summed E-state index contributed by atoms with van der Waals surface area (Å²) in [5.74, 6) is 1.58. The van der Waals surface area contributed by atoms with Gasteiger partial charge in [0.2, 0.25) is 0 Å². The van der Waals surface area contributed by atoms with Gasteiger partial charge >= 0.3 is 0 Å². The third-order valence-corrected chi connectivity index (χ3v) is 4.68. The van der Waals surface area contributed by atoms with Crippen molar-refractivity contribution in [3.05, 3.63) is 30.1 Å². The molecule has 0 aromatic carbocycles. The van der Waals surface area contributed by atoms with Crippen LogP contribution in [-0.2, 0) is 0 Å². The summed E-state index contributed by atoms with van der Waals surface area (Å²) in [6.45, 7) is 8.90. The minimum atomic E-state index is 0.360. The van der Waals surface area contributed by atoms with Crippen molar-refractivity contribution in [1.29, 1.82) is 0 Å². The summed E-state index contributed by atoms with van der Waals surface area (Å²) in [5, 5.41) is 0. The number of pyridine rings is 1. The lowest BCUT2D eigenvalue weighted by atomic mass is 9.75. The molecule has 4 heteroatoms. The van der Waals surface area contributed by atoms with Gasteiger partial charge in [0.05, 0.1) is 0 Å². The molecule has 1 fully saturated rings. The zero-order valence-corrected chi connectivity index (χ0v) is 13.0. The monoisotopic (exact) mass is 285 g/mol. The van der Waals surface area contributed by atoms with E-state index in [1.54, 1.807) is 0 Å². The molecule has 3 rings (SSSR count). The molecule has 0 atom stereocenters. The number of hydrogen-bond donors (Lipinski definition) is 0. The lowest BCUT2D eigenvalue weighted by Gasteiger charge is -2.39. The van der Waals surface area contributed by atoms with Gasteiger partial charge in [0.15, 0.2) is 12.1 Å². The van der Waals surface area contributed by atoms with E-state index in [-0.39, 0.29) is 0 Å². The number of fused-ring (bicyclic) bond motifs is 1. The standard InChI is InChI=1S/C17H23N3O/c1-17(2,3)13-7-10-19(11-8-13)16-14(12-21)20-9-5-4-6-15(20)18-16/h4-6,9,12-13H,7-8,10-11H2,1-3H3. The normalized spacial score (nSPS) is 17.4. The molecule has 2 aromatic heterocycles. The van der Waals surface area contributed by atoms with Crippen LogP contribution >= 0.6 is 0 Å². The summed E-state index contributed by atoms with van der Waals surface area (Å²) >= 11 is 0. The molecule has 0 radical (unpaired) electrons. The lowest BCUT2D eigenvalue weighted by molar-refractivity contribution is 0.111. The van der Waals surface area contributed by atoms with Crippen LogP contribution in [0.25, 0.3) is 5.65 Å². The molecule has 3 heterocycles. The second-order valence-corrected chi connectivity index (χ2v) is 6.99. The van der Waals surface area contributed by atoms with Crippen molar-refractivity contribution in [2.45, 2.75) is 33.6 Å². The average molecular weight is 285 g/mol. The van der Waals surface area contributed by atoms with E-state index >= 15 is 0 Å². The molecule has 1 aliphatic rings. The summed E-state index contributed by atoms with van der Waals surface area (Å²) < 4.78 is 1.87. The fraction of sp³-hybridized carbons (Fsp3) is 0.529. The van der Waals surface area contributed by atoms with E-state index in [9.17, 15) is 4.79 Å². The van der Waals surface area contributed by atoms with Gasteiger partial charge in [-0.3, -0.25) is 9.20 Å². The highest BCUT2D eigenvalue weighted by atomic mass is 16.1. The fourth-order valence-corrected chi connectivity index (χ4v) is 3.30. The minimum absolute atomic E-state index is 0.360. The van der Waals surface area contributed by atoms with Crippen LogP contribution in [0.2, 0.25) is 0 Å². The van der Waals surface area contributed by atoms with E-state index < -0.39 is 0 Å². The molecule has 0 amide bonds. The summed E-state index contributed by atoms with van der Waals surface area (Å²) in [6, 6.07) is 5.82. The molecule has 4 nitrogen and oxygen atoms in total. The van der Waals surface area contributed by atoms with Crippen LogP contribution in [0.4, 0.5) is 5.82 Å². The van der Waals surface area contributed by atoms with Crippen molar-refractivity contribution in [2.24, 2.45) is 11.3 Å². The molecule has 2 aromatic rings. The van der Waals surface area contributed by atoms with Crippen LogP contribution in [-0.4, -0.2) is 28.8 Å². The van der Waals surface area contributed by atoms with Crippen LogP contribution in [0.15, 0.2) is 24.4 Å². The Labute approximate surface area is 125 Å². The van der Waals surface area contributed by atoms with Crippen molar-refractivity contribution in [3.8, 4) is 0 Å². The summed E-state index contributed by atoms with van der Waals surface area (Å²) in [4.78, 5) is 18.4. The van der Waals surface area contributed by atoms with Gasteiger partial charge in [-0.05, 0) is 36.3 Å². The Morgan fingerprint density at radius 3 is 2.57 bits per heavy atom. The number of carbonyl (C=O) groups is 1. The number of rotatable bonds is 2. The fourth-order valence-electron chi connectivity index (χ4n) is 3.30. The molecule has 0 N–H and O–H groups in total. The largest absolute Gasteiger partial charge is 0.355 e. The van der Waals surface area contributed by atoms with Crippen molar-refractivity contribution < 1.29 is 4.79 Å². The number of anilines is 1. The Hall–Kier alpha value is -1.84. The first kappa shape index (κ1) is 14.1. The SMILES string of the molecule is CC(C)(C)C1CCN(c2nc3ccccn3c2C=O)CC1. The molecule has 0 unspecified atom stereocenters. The summed E-state index contributed by atoms with van der Waals surface area (Å²) in [7, 11) is 0. The maximum atomic E-state index is 11.5. The van der Waals surface area contributed by atoms with Gasteiger partial charge < -0.3 is 4.90 Å². The van der Waals surface area contributed by atoms with E-state index in [0.717, 1.165) is 49.6 Å². The van der Waals surface area contributed by atoms with Crippen molar-refractivity contribution in [1.82, 2.24) is 9.38 Å². The molecule has 0 bridgehead atoms. The number of aldehydes is 1. The van der Waals surface area contributed by atoms with Crippen molar-refractivity contribution in [3.63, 3.8) is 0 Å². The van der Waals surface area contributed by atoms with E-state index in [4.69, 9.17) is 0 Å². The van der Waals surface area contributed by atoms with E-state index in [0.29, 0.717) is 11.1 Å². The number of imidazole rings is 1. The zero-order valence-electron chi connectivity index (χ0n) is 13.0. The van der Waals surface area contributed by atoms with Crippen molar-refractivity contribution >= 4 is 17.8 Å². The molecular formula is C17H23N3O. The predicted molar refractivity (Wildman–Crippen MR) is 85.0 cm³/mol. The van der Waals surface area contributed by atoms with Gasteiger partial charge in [-0.25, -0.2) is 4.98 Å². The predicted octanol–water partition coefficient (Wildman–Crippen LogP) is 3.41. The van der Waals surface area contributed by atoms with Crippen LogP contribution < -0.4 is 4.90 Å². The van der Waals surface area contributed by atoms with Gasteiger partial charge in [0.1, 0.15) is 11.3 Å². The second-order valence-electron chi connectivity index (χ2n) is 6.99. The Bertz CT molecular complexity index is 646. The first-order valence-electron chi connectivity index (χ1n) is 7.68. The smallest absolute Gasteiger partial charge is 0.170 e. The maximum absolute atomic E-state index is 11.5. The van der Waals surface area contributed by atoms with E-state index in [2.05, 4.69) is 30.7 Å². The van der Waals surface area contributed by atoms with Gasteiger partial charge in [-0.15, -0.1) is 0 Å². The van der Waals surface area contributed by atoms with Gasteiger partial charge in [-0.1, -0.05) is 26.8 Å². The lowest BCUT2D eigenvalue weighted by Crippen LogP contribution is -2.38. The molecule has 0 aliphatic carbocycles. The van der Waals surface area contributed by atoms with Crippen LogP contribution in [0.3, 0.4) is 0 Å². The first-order valence-corrected chi connectivity index (χ1v) is 7.68. The summed E-state index contributed by atoms with van der Waals surface area (Å²) in [5.41, 5.74) is 1.87. The Kier molecular flexibility index (Phi) is 3.47. The molecule has 112 valence electrons. The molecule has 1 aliphatic heterocycles. The Balaban J connectivity index is 1.87. The third-order valence-electron chi connectivity index (χ3n) is 4.68. The Morgan fingerprint density at radius 2 is 1.95 bits per heavy atom. The summed E-state index contributed by atoms with van der Waals surface area (Å²) in [6.07, 6.45) is 5.15. The van der Waals surface area contributed by atoms with Crippen LogP contribution in [0.5, 0.6) is 0 Å². The van der Waals surface area contributed by atoms with Crippen LogP contribution in [0, 0.1) is 11.3 Å². The number of aromatic nitrogens is 2. The molecule has 0 spiro atoms. The quantitative estimate of drug-likeness (QED) is 0.794. The number of piperidine rings is 1. The molecule has 21 heavy (non-hydrogen) atoms. The maximum Gasteiger partial charge on any atom is 0.170 e. The van der Waals surface area contributed by atoms with Gasteiger partial charge in [0.25, 0.3) is 0 Å². The average Bonchev–Trinajstić information content (AvgIpc) is 2.85. The topological polar surface area (TPSA) is 37.6 Å². The molecule has 1 saturated heterocycles. The minimum Gasteiger partial charge on any atom is -0.355 e. The van der Waals surface area contributed by atoms with Crippen molar-refractivity contribution in [2.75, 3.05) is 18.0 Å². The number of carbonyl (C=O) groups excluding carboxylic acids is 1. The highest BCUT2D eigenvalue weighted by molar-refractivity contribution is 5.83. The highest BCUT2D eigenvalue weighted by Gasteiger charge is 2.30. The van der Waals surface area contributed by atoms with E-state index in [1.165, 1.54) is 0 Å².